The number of fused-ring (bicyclic) bond motifs is 1. The Bertz CT molecular complexity index is 574. The van der Waals surface area contributed by atoms with Crippen LogP contribution < -0.4 is 11.1 Å². The molecule has 104 valence electrons. The number of anilines is 2. The van der Waals surface area contributed by atoms with Gasteiger partial charge in [0.15, 0.2) is 0 Å². The maximum absolute atomic E-state index is 5.81. The van der Waals surface area contributed by atoms with Crippen LogP contribution in [0.4, 0.5) is 11.8 Å². The van der Waals surface area contributed by atoms with E-state index in [1.165, 1.54) is 4.88 Å². The summed E-state index contributed by atoms with van der Waals surface area (Å²) in [4.78, 5) is 11.0. The molecule has 2 rings (SSSR count). The zero-order chi connectivity index (χ0) is 14.0. The molecule has 2 aromatic rings. The van der Waals surface area contributed by atoms with E-state index < -0.39 is 0 Å². The highest BCUT2D eigenvalue weighted by atomic mass is 32.1. The van der Waals surface area contributed by atoms with Crippen LogP contribution in [-0.4, -0.2) is 15.5 Å². The molecular weight excluding hydrogens is 256 g/mol. The number of hydrogen-bond acceptors (Lipinski definition) is 5. The van der Waals surface area contributed by atoms with E-state index in [1.807, 2.05) is 0 Å². The Kier molecular flexibility index (Phi) is 3.94. The molecule has 0 aliphatic carbocycles. The number of hydrogen-bond donors (Lipinski definition) is 2. The largest absolute Gasteiger partial charge is 0.368 e. The normalized spacial score (nSPS) is 12.0. The first-order valence-electron chi connectivity index (χ1n) is 6.79. The minimum Gasteiger partial charge on any atom is -0.368 e. The van der Waals surface area contributed by atoms with Crippen molar-refractivity contribution < 1.29 is 0 Å². The topological polar surface area (TPSA) is 63.8 Å². The standard InChI is InChI=1S/C14H22N4S/c1-5-7-14(3,4)18-11-10-8-9(6-2)19-12(10)17-13(15)16-11/h8H,5-7H2,1-4H3,(H3,15,16,17,18). The molecule has 2 aromatic heterocycles. The first kappa shape index (κ1) is 14.1. The average molecular weight is 278 g/mol. The molecule has 4 nitrogen and oxygen atoms in total. The van der Waals surface area contributed by atoms with E-state index in [1.54, 1.807) is 11.3 Å². The van der Waals surface area contributed by atoms with Crippen molar-refractivity contribution in [2.45, 2.75) is 52.5 Å². The summed E-state index contributed by atoms with van der Waals surface area (Å²) in [5.41, 5.74) is 5.82. The van der Waals surface area contributed by atoms with Gasteiger partial charge in [-0.1, -0.05) is 20.3 Å². The zero-order valence-corrected chi connectivity index (χ0v) is 12.9. The molecule has 0 atom stereocenters. The molecule has 0 saturated heterocycles. The predicted octanol–water partition coefficient (Wildman–Crippen LogP) is 3.83. The lowest BCUT2D eigenvalue weighted by atomic mass is 9.99. The van der Waals surface area contributed by atoms with Crippen LogP contribution in [0.15, 0.2) is 6.07 Å². The fourth-order valence-electron chi connectivity index (χ4n) is 2.27. The van der Waals surface area contributed by atoms with E-state index in [4.69, 9.17) is 5.73 Å². The highest BCUT2D eigenvalue weighted by molar-refractivity contribution is 7.18. The number of nitrogen functional groups attached to an aromatic ring is 1. The Labute approximate surface area is 118 Å². The Balaban J connectivity index is 2.44. The number of rotatable bonds is 5. The summed E-state index contributed by atoms with van der Waals surface area (Å²) >= 11 is 1.69. The summed E-state index contributed by atoms with van der Waals surface area (Å²) in [5.74, 6) is 1.20. The van der Waals surface area contributed by atoms with Crippen molar-refractivity contribution in [2.75, 3.05) is 11.1 Å². The van der Waals surface area contributed by atoms with Gasteiger partial charge in [0.2, 0.25) is 5.95 Å². The number of aryl methyl sites for hydroxylation is 1. The number of aromatic nitrogens is 2. The quantitative estimate of drug-likeness (QED) is 0.872. The van der Waals surface area contributed by atoms with Crippen LogP contribution in [0.25, 0.3) is 10.2 Å². The lowest BCUT2D eigenvalue weighted by Crippen LogP contribution is -2.31. The zero-order valence-electron chi connectivity index (χ0n) is 12.1. The third-order valence-corrected chi connectivity index (χ3v) is 4.31. The van der Waals surface area contributed by atoms with Gasteiger partial charge < -0.3 is 11.1 Å². The Morgan fingerprint density at radius 2 is 2.05 bits per heavy atom. The molecule has 5 heteroatoms. The summed E-state index contributed by atoms with van der Waals surface area (Å²) in [7, 11) is 0. The van der Waals surface area contributed by atoms with Crippen LogP contribution in [0.1, 0.15) is 45.4 Å². The van der Waals surface area contributed by atoms with Gasteiger partial charge >= 0.3 is 0 Å². The first-order valence-corrected chi connectivity index (χ1v) is 7.61. The molecule has 0 amide bonds. The second-order valence-electron chi connectivity index (χ2n) is 5.47. The van der Waals surface area contributed by atoms with Crippen molar-refractivity contribution in [3.05, 3.63) is 10.9 Å². The number of nitrogens with zero attached hydrogens (tertiary/aromatic N) is 2. The molecule has 0 spiro atoms. The van der Waals surface area contributed by atoms with E-state index >= 15 is 0 Å². The van der Waals surface area contributed by atoms with Crippen LogP contribution in [0, 0.1) is 0 Å². The molecule has 0 aliphatic heterocycles. The van der Waals surface area contributed by atoms with Gasteiger partial charge in [-0.25, -0.2) is 4.98 Å². The van der Waals surface area contributed by atoms with Crippen molar-refractivity contribution in [3.8, 4) is 0 Å². The Hall–Kier alpha value is -1.36. The van der Waals surface area contributed by atoms with E-state index in [-0.39, 0.29) is 5.54 Å². The summed E-state index contributed by atoms with van der Waals surface area (Å²) in [6.45, 7) is 8.71. The highest BCUT2D eigenvalue weighted by Gasteiger charge is 2.19. The van der Waals surface area contributed by atoms with E-state index in [0.29, 0.717) is 5.95 Å². The molecule has 0 bridgehead atoms. The van der Waals surface area contributed by atoms with Gasteiger partial charge in [-0.2, -0.15) is 4.98 Å². The highest BCUT2D eigenvalue weighted by Crippen LogP contribution is 2.31. The van der Waals surface area contributed by atoms with Gasteiger partial charge in [-0.05, 0) is 32.8 Å². The fraction of sp³-hybridized carbons (Fsp3) is 0.571. The summed E-state index contributed by atoms with van der Waals surface area (Å²) < 4.78 is 0. The maximum Gasteiger partial charge on any atom is 0.223 e. The molecule has 0 aliphatic rings. The number of nitrogens with one attached hydrogen (secondary N) is 1. The van der Waals surface area contributed by atoms with Gasteiger partial charge in [0.25, 0.3) is 0 Å². The van der Waals surface area contributed by atoms with Gasteiger partial charge in [-0.15, -0.1) is 11.3 Å². The minimum atomic E-state index is 0.0107. The molecule has 0 fully saturated rings. The van der Waals surface area contributed by atoms with E-state index in [2.05, 4.69) is 49.0 Å². The molecule has 19 heavy (non-hydrogen) atoms. The SMILES string of the molecule is CCCC(C)(C)Nc1nc(N)nc2sc(CC)cc12. The van der Waals surface area contributed by atoms with Crippen molar-refractivity contribution in [3.63, 3.8) is 0 Å². The van der Waals surface area contributed by atoms with Gasteiger partial charge in [0.05, 0.1) is 5.39 Å². The molecule has 3 N–H and O–H groups in total. The van der Waals surface area contributed by atoms with Crippen molar-refractivity contribution >= 4 is 33.3 Å². The first-order chi connectivity index (χ1) is 8.95. The van der Waals surface area contributed by atoms with Crippen LogP contribution in [0.5, 0.6) is 0 Å². The van der Waals surface area contributed by atoms with E-state index in [9.17, 15) is 0 Å². The lowest BCUT2D eigenvalue weighted by molar-refractivity contribution is 0.510. The Morgan fingerprint density at radius 1 is 1.32 bits per heavy atom. The molecule has 0 aromatic carbocycles. The number of nitrogens with two attached hydrogens (primary N) is 1. The van der Waals surface area contributed by atoms with Crippen LogP contribution >= 0.6 is 11.3 Å². The van der Waals surface area contributed by atoms with Crippen LogP contribution in [-0.2, 0) is 6.42 Å². The van der Waals surface area contributed by atoms with Crippen molar-refractivity contribution in [1.82, 2.24) is 9.97 Å². The van der Waals surface area contributed by atoms with Gasteiger partial charge in [-0.3, -0.25) is 0 Å². The molecule has 0 unspecified atom stereocenters. The minimum absolute atomic E-state index is 0.0107. The summed E-state index contributed by atoms with van der Waals surface area (Å²) in [6, 6.07) is 2.17. The molecule has 2 heterocycles. The van der Waals surface area contributed by atoms with Gasteiger partial charge in [0, 0.05) is 10.4 Å². The van der Waals surface area contributed by atoms with E-state index in [0.717, 1.165) is 35.3 Å². The predicted molar refractivity (Wildman–Crippen MR) is 83.8 cm³/mol. The average Bonchev–Trinajstić information content (AvgIpc) is 2.71. The molecular formula is C14H22N4S. The van der Waals surface area contributed by atoms with Crippen molar-refractivity contribution in [1.29, 1.82) is 0 Å². The monoisotopic (exact) mass is 278 g/mol. The Morgan fingerprint density at radius 3 is 2.68 bits per heavy atom. The third kappa shape index (κ3) is 3.15. The lowest BCUT2D eigenvalue weighted by Gasteiger charge is -2.26. The van der Waals surface area contributed by atoms with Crippen molar-refractivity contribution in [2.24, 2.45) is 0 Å². The van der Waals surface area contributed by atoms with Crippen LogP contribution in [0.2, 0.25) is 0 Å². The second-order valence-corrected chi connectivity index (χ2v) is 6.59. The summed E-state index contributed by atoms with van der Waals surface area (Å²) in [5, 5.41) is 4.60. The van der Waals surface area contributed by atoms with Crippen LogP contribution in [0.3, 0.4) is 0 Å². The second kappa shape index (κ2) is 5.33. The molecule has 0 radical (unpaired) electrons. The summed E-state index contributed by atoms with van der Waals surface area (Å²) in [6.07, 6.45) is 3.23. The third-order valence-electron chi connectivity index (χ3n) is 3.14. The maximum atomic E-state index is 5.81. The fourth-order valence-corrected chi connectivity index (χ4v) is 3.24. The van der Waals surface area contributed by atoms with Gasteiger partial charge in [0.1, 0.15) is 10.6 Å². The number of thiophene rings is 1. The smallest absolute Gasteiger partial charge is 0.223 e. The molecule has 0 saturated carbocycles.